The normalized spacial score (nSPS) is 25.0. The van der Waals surface area contributed by atoms with Gasteiger partial charge in [-0.1, -0.05) is 30.3 Å². The topological polar surface area (TPSA) is 61.7 Å². The fourth-order valence-corrected chi connectivity index (χ4v) is 3.84. The first-order valence-electron chi connectivity index (χ1n) is 7.80. The smallest absolute Gasteiger partial charge is 0.275 e. The second-order valence-electron chi connectivity index (χ2n) is 6.31. The molecular formula is C18H18N2O2. The number of carbonyl (C=O) groups is 1. The number of carbonyl (C=O) groups excluding carboxylic acids is 1. The highest BCUT2D eigenvalue weighted by molar-refractivity contribution is 6.09. The highest BCUT2D eigenvalue weighted by Crippen LogP contribution is 2.42. The molecule has 0 heterocycles. The second-order valence-corrected chi connectivity index (χ2v) is 6.31. The van der Waals surface area contributed by atoms with Crippen LogP contribution in [0.3, 0.4) is 0 Å². The number of phenolic OH excluding ortho intramolecular Hbond substituents is 1. The molecule has 22 heavy (non-hydrogen) atoms. The zero-order valence-electron chi connectivity index (χ0n) is 12.2. The van der Waals surface area contributed by atoms with Crippen LogP contribution in [-0.4, -0.2) is 16.7 Å². The van der Waals surface area contributed by atoms with Gasteiger partial charge in [0.1, 0.15) is 5.75 Å². The number of fused-ring (bicyclic) bond motifs is 3. The van der Waals surface area contributed by atoms with Crippen molar-refractivity contribution in [3.05, 3.63) is 42.0 Å². The molecule has 2 saturated carbocycles. The van der Waals surface area contributed by atoms with Crippen molar-refractivity contribution in [2.45, 2.75) is 25.7 Å². The van der Waals surface area contributed by atoms with Crippen LogP contribution in [0.2, 0.25) is 0 Å². The Morgan fingerprint density at radius 1 is 1.18 bits per heavy atom. The monoisotopic (exact) mass is 294 g/mol. The van der Waals surface area contributed by atoms with E-state index in [1.807, 2.05) is 30.3 Å². The van der Waals surface area contributed by atoms with E-state index in [2.05, 4.69) is 10.5 Å². The van der Waals surface area contributed by atoms with Gasteiger partial charge in [-0.05, 0) is 54.4 Å². The van der Waals surface area contributed by atoms with Crippen molar-refractivity contribution in [2.24, 2.45) is 16.9 Å². The molecule has 112 valence electrons. The molecule has 4 nitrogen and oxygen atoms in total. The summed E-state index contributed by atoms with van der Waals surface area (Å²) in [5.74, 6) is 0.951. The average Bonchev–Trinajstić information content (AvgIpc) is 3.15. The third kappa shape index (κ3) is 2.15. The van der Waals surface area contributed by atoms with Crippen LogP contribution in [0, 0.1) is 11.8 Å². The van der Waals surface area contributed by atoms with E-state index in [9.17, 15) is 9.90 Å². The number of hydrazone groups is 1. The van der Waals surface area contributed by atoms with Crippen LogP contribution < -0.4 is 5.43 Å². The van der Waals surface area contributed by atoms with E-state index >= 15 is 0 Å². The summed E-state index contributed by atoms with van der Waals surface area (Å²) >= 11 is 0. The SMILES string of the molecule is O=C(N/N=C1\C[C@H]2CC[C@H]1C2)c1c(O)ccc2ccccc12. The fourth-order valence-electron chi connectivity index (χ4n) is 3.84. The van der Waals surface area contributed by atoms with Gasteiger partial charge in [-0.3, -0.25) is 4.79 Å². The Hall–Kier alpha value is -2.36. The molecule has 2 aromatic carbocycles. The van der Waals surface area contributed by atoms with Crippen molar-refractivity contribution in [1.82, 2.24) is 5.43 Å². The molecule has 0 radical (unpaired) electrons. The van der Waals surface area contributed by atoms with E-state index in [1.54, 1.807) is 6.07 Å². The first kappa shape index (κ1) is 13.3. The minimum absolute atomic E-state index is 0.00987. The molecule has 0 aliphatic heterocycles. The minimum Gasteiger partial charge on any atom is -0.507 e. The van der Waals surface area contributed by atoms with Crippen LogP contribution in [0.25, 0.3) is 10.8 Å². The van der Waals surface area contributed by atoms with E-state index in [0.29, 0.717) is 11.5 Å². The molecule has 0 unspecified atom stereocenters. The van der Waals surface area contributed by atoms with Crippen LogP contribution in [0.5, 0.6) is 5.75 Å². The predicted octanol–water partition coefficient (Wildman–Crippen LogP) is 3.45. The molecule has 4 heteroatoms. The molecule has 1 amide bonds. The summed E-state index contributed by atoms with van der Waals surface area (Å²) in [6.07, 6.45) is 4.71. The van der Waals surface area contributed by atoms with Gasteiger partial charge in [0, 0.05) is 5.71 Å². The fraction of sp³-hybridized carbons (Fsp3) is 0.333. The molecule has 2 aromatic rings. The van der Waals surface area contributed by atoms with E-state index in [0.717, 1.165) is 28.8 Å². The van der Waals surface area contributed by atoms with Gasteiger partial charge in [-0.25, -0.2) is 5.43 Å². The standard InChI is InChI=1S/C18H18N2O2/c21-16-8-7-12-3-1-2-4-14(12)17(16)18(22)20-19-15-10-11-5-6-13(15)9-11/h1-4,7-8,11,13,21H,5-6,9-10H2,(H,20,22)/b19-15+/t11-,13-/m0/s1. The number of nitrogens with one attached hydrogen (secondary N) is 1. The van der Waals surface area contributed by atoms with E-state index in [1.165, 1.54) is 19.3 Å². The number of nitrogens with zero attached hydrogens (tertiary/aromatic N) is 1. The quantitative estimate of drug-likeness (QED) is 0.833. The van der Waals surface area contributed by atoms with Crippen LogP contribution in [0.1, 0.15) is 36.0 Å². The summed E-state index contributed by atoms with van der Waals surface area (Å²) in [7, 11) is 0. The van der Waals surface area contributed by atoms with Gasteiger partial charge in [0.25, 0.3) is 5.91 Å². The van der Waals surface area contributed by atoms with E-state index < -0.39 is 0 Å². The highest BCUT2D eigenvalue weighted by Gasteiger charge is 2.36. The molecule has 2 bridgehead atoms. The second kappa shape index (κ2) is 5.13. The van der Waals surface area contributed by atoms with Crippen molar-refractivity contribution < 1.29 is 9.90 Å². The lowest BCUT2D eigenvalue weighted by Gasteiger charge is -2.12. The van der Waals surface area contributed by atoms with Crippen molar-refractivity contribution in [3.63, 3.8) is 0 Å². The Balaban J connectivity index is 1.63. The Bertz CT molecular complexity index is 782. The Morgan fingerprint density at radius 2 is 2.05 bits per heavy atom. The van der Waals surface area contributed by atoms with E-state index in [4.69, 9.17) is 0 Å². The zero-order chi connectivity index (χ0) is 15.1. The summed E-state index contributed by atoms with van der Waals surface area (Å²) in [5, 5.41) is 16.1. The Morgan fingerprint density at radius 3 is 2.82 bits per heavy atom. The van der Waals surface area contributed by atoms with Crippen LogP contribution >= 0.6 is 0 Å². The first-order valence-corrected chi connectivity index (χ1v) is 7.80. The summed E-state index contributed by atoms with van der Waals surface area (Å²) in [4.78, 5) is 12.5. The summed E-state index contributed by atoms with van der Waals surface area (Å²) in [6, 6.07) is 10.9. The van der Waals surface area contributed by atoms with Gasteiger partial charge in [-0.2, -0.15) is 5.10 Å². The average molecular weight is 294 g/mol. The number of aromatic hydroxyl groups is 1. The third-order valence-electron chi connectivity index (χ3n) is 4.95. The minimum atomic E-state index is -0.343. The Labute approximate surface area is 128 Å². The van der Waals surface area contributed by atoms with Crippen molar-refractivity contribution in [3.8, 4) is 5.75 Å². The molecule has 0 saturated heterocycles. The zero-order valence-corrected chi connectivity index (χ0v) is 12.2. The number of amides is 1. The molecular weight excluding hydrogens is 276 g/mol. The summed E-state index contributed by atoms with van der Waals surface area (Å²) in [5.41, 5.74) is 4.06. The number of rotatable bonds is 2. The maximum atomic E-state index is 12.5. The highest BCUT2D eigenvalue weighted by atomic mass is 16.3. The van der Waals surface area contributed by atoms with Gasteiger partial charge in [0.05, 0.1) is 5.56 Å². The number of hydrogen-bond acceptors (Lipinski definition) is 3. The van der Waals surface area contributed by atoms with E-state index in [-0.39, 0.29) is 11.7 Å². The molecule has 4 rings (SSSR count). The predicted molar refractivity (Wildman–Crippen MR) is 86.0 cm³/mol. The summed E-state index contributed by atoms with van der Waals surface area (Å²) < 4.78 is 0. The van der Waals surface area contributed by atoms with Gasteiger partial charge in [0.2, 0.25) is 0 Å². The lowest BCUT2D eigenvalue weighted by molar-refractivity contribution is 0.0953. The molecule has 2 aliphatic rings. The van der Waals surface area contributed by atoms with Gasteiger partial charge in [0.15, 0.2) is 0 Å². The van der Waals surface area contributed by atoms with Crippen molar-refractivity contribution in [1.29, 1.82) is 0 Å². The summed E-state index contributed by atoms with van der Waals surface area (Å²) in [6.45, 7) is 0. The molecule has 2 fully saturated rings. The number of phenols is 1. The van der Waals surface area contributed by atoms with Gasteiger partial charge < -0.3 is 5.11 Å². The molecule has 0 spiro atoms. The maximum absolute atomic E-state index is 12.5. The maximum Gasteiger partial charge on any atom is 0.275 e. The molecule has 2 atom stereocenters. The molecule has 2 aliphatic carbocycles. The van der Waals surface area contributed by atoms with Crippen LogP contribution in [0.15, 0.2) is 41.5 Å². The lowest BCUT2D eigenvalue weighted by atomic mass is 9.99. The number of benzene rings is 2. The molecule has 2 N–H and O–H groups in total. The third-order valence-corrected chi connectivity index (χ3v) is 4.95. The first-order chi connectivity index (χ1) is 10.7. The number of hydrogen-bond donors (Lipinski definition) is 2. The van der Waals surface area contributed by atoms with Gasteiger partial charge >= 0.3 is 0 Å². The van der Waals surface area contributed by atoms with Crippen molar-refractivity contribution >= 4 is 22.4 Å². The van der Waals surface area contributed by atoms with Crippen molar-refractivity contribution in [2.75, 3.05) is 0 Å². The van der Waals surface area contributed by atoms with Crippen LogP contribution in [-0.2, 0) is 0 Å². The lowest BCUT2D eigenvalue weighted by Crippen LogP contribution is -2.22. The van der Waals surface area contributed by atoms with Crippen LogP contribution in [0.4, 0.5) is 0 Å². The Kier molecular flexibility index (Phi) is 3.10. The largest absolute Gasteiger partial charge is 0.507 e. The van der Waals surface area contributed by atoms with Gasteiger partial charge in [-0.15, -0.1) is 0 Å². The molecule has 0 aromatic heterocycles.